The SMILES string of the molecule is C[C@H]1CC[C@](C)(C[Si]c2ccccc2)C1. The molecule has 1 aliphatic rings. The van der Waals surface area contributed by atoms with Crippen molar-refractivity contribution >= 4 is 14.7 Å². The van der Waals surface area contributed by atoms with E-state index in [4.69, 9.17) is 0 Å². The fourth-order valence-electron chi connectivity index (χ4n) is 2.67. The van der Waals surface area contributed by atoms with Gasteiger partial charge in [-0.15, -0.1) is 0 Å². The molecule has 0 nitrogen and oxygen atoms in total. The number of hydrogen-bond donors (Lipinski definition) is 0. The maximum absolute atomic E-state index is 2.48. The van der Waals surface area contributed by atoms with Crippen LogP contribution in [-0.2, 0) is 0 Å². The summed E-state index contributed by atoms with van der Waals surface area (Å²) < 4.78 is 0. The summed E-state index contributed by atoms with van der Waals surface area (Å²) in [5.41, 5.74) is 0.633. The van der Waals surface area contributed by atoms with E-state index >= 15 is 0 Å². The van der Waals surface area contributed by atoms with Crippen molar-refractivity contribution in [1.82, 2.24) is 0 Å². The fraction of sp³-hybridized carbons (Fsp3) is 0.571. The molecule has 0 aromatic heterocycles. The van der Waals surface area contributed by atoms with Crippen LogP contribution >= 0.6 is 0 Å². The van der Waals surface area contributed by atoms with Crippen LogP contribution in [0.3, 0.4) is 0 Å². The molecule has 2 rings (SSSR count). The first-order chi connectivity index (χ1) is 7.18. The van der Waals surface area contributed by atoms with Crippen LogP contribution in [0.5, 0.6) is 0 Å². The average Bonchev–Trinajstić information content (AvgIpc) is 2.58. The molecule has 1 heteroatoms. The minimum Gasteiger partial charge on any atom is -0.0642 e. The van der Waals surface area contributed by atoms with Crippen LogP contribution in [0.1, 0.15) is 33.1 Å². The Hall–Kier alpha value is -0.563. The van der Waals surface area contributed by atoms with Crippen LogP contribution in [-0.4, -0.2) is 9.52 Å². The van der Waals surface area contributed by atoms with E-state index < -0.39 is 0 Å². The molecule has 1 aliphatic carbocycles. The van der Waals surface area contributed by atoms with E-state index in [0.717, 1.165) is 15.4 Å². The first kappa shape index (κ1) is 10.9. The Bertz CT molecular complexity index is 306. The van der Waals surface area contributed by atoms with Crippen molar-refractivity contribution < 1.29 is 0 Å². The largest absolute Gasteiger partial charge is 0.0813 e. The van der Waals surface area contributed by atoms with Gasteiger partial charge in [0.2, 0.25) is 0 Å². The first-order valence-electron chi connectivity index (χ1n) is 5.97. The summed E-state index contributed by atoms with van der Waals surface area (Å²) in [6.07, 6.45) is 4.32. The maximum Gasteiger partial charge on any atom is 0.0813 e. The lowest BCUT2D eigenvalue weighted by molar-refractivity contribution is 0.366. The van der Waals surface area contributed by atoms with Gasteiger partial charge in [0.1, 0.15) is 0 Å². The Morgan fingerprint density at radius 2 is 2.07 bits per heavy atom. The van der Waals surface area contributed by atoms with Crippen molar-refractivity contribution in [2.24, 2.45) is 11.3 Å². The summed E-state index contributed by atoms with van der Waals surface area (Å²) in [7, 11) is 0.999. The predicted molar refractivity (Wildman–Crippen MR) is 67.8 cm³/mol. The van der Waals surface area contributed by atoms with Gasteiger partial charge in [-0.1, -0.05) is 61.8 Å². The Kier molecular flexibility index (Phi) is 3.30. The summed E-state index contributed by atoms with van der Waals surface area (Å²) >= 11 is 0. The Morgan fingerprint density at radius 1 is 1.33 bits per heavy atom. The van der Waals surface area contributed by atoms with Crippen molar-refractivity contribution in [3.8, 4) is 0 Å². The van der Waals surface area contributed by atoms with Gasteiger partial charge in [0, 0.05) is 0 Å². The molecule has 0 amide bonds. The van der Waals surface area contributed by atoms with Crippen LogP contribution in [0.2, 0.25) is 6.04 Å². The maximum atomic E-state index is 2.48. The highest BCUT2D eigenvalue weighted by molar-refractivity contribution is 6.53. The first-order valence-corrected chi connectivity index (χ1v) is 7.18. The molecule has 0 bridgehead atoms. The third kappa shape index (κ3) is 2.94. The lowest BCUT2D eigenvalue weighted by Gasteiger charge is -2.23. The number of rotatable bonds is 3. The molecule has 0 N–H and O–H groups in total. The minimum absolute atomic E-state index is 0.633. The van der Waals surface area contributed by atoms with Crippen molar-refractivity contribution in [3.05, 3.63) is 30.3 Å². The topological polar surface area (TPSA) is 0 Å². The van der Waals surface area contributed by atoms with E-state index in [1.807, 2.05) is 0 Å². The fourth-order valence-corrected chi connectivity index (χ4v) is 4.05. The molecule has 0 unspecified atom stereocenters. The lowest BCUT2D eigenvalue weighted by atomic mass is 9.90. The molecule has 0 heterocycles. The molecule has 1 aromatic carbocycles. The van der Waals surface area contributed by atoms with Crippen LogP contribution < -0.4 is 5.19 Å². The summed E-state index contributed by atoms with van der Waals surface area (Å²) in [5.74, 6) is 0.954. The highest BCUT2D eigenvalue weighted by Gasteiger charge is 2.32. The molecule has 2 atom stereocenters. The van der Waals surface area contributed by atoms with E-state index in [2.05, 4.69) is 44.2 Å². The molecule has 0 saturated heterocycles. The average molecular weight is 216 g/mol. The zero-order chi connectivity index (χ0) is 10.7. The van der Waals surface area contributed by atoms with Crippen LogP contribution in [0.15, 0.2) is 30.3 Å². The van der Waals surface area contributed by atoms with E-state index in [-0.39, 0.29) is 0 Å². The monoisotopic (exact) mass is 216 g/mol. The van der Waals surface area contributed by atoms with Crippen LogP contribution in [0.25, 0.3) is 0 Å². The lowest BCUT2D eigenvalue weighted by Crippen LogP contribution is -2.22. The zero-order valence-corrected chi connectivity index (χ0v) is 10.8. The summed E-state index contributed by atoms with van der Waals surface area (Å²) in [5, 5.41) is 1.53. The molecule has 1 fully saturated rings. The molecule has 0 spiro atoms. The summed E-state index contributed by atoms with van der Waals surface area (Å²) in [6, 6.07) is 12.3. The normalized spacial score (nSPS) is 30.7. The predicted octanol–water partition coefficient (Wildman–Crippen LogP) is 3.26. The van der Waals surface area contributed by atoms with E-state index in [9.17, 15) is 0 Å². The Morgan fingerprint density at radius 3 is 2.67 bits per heavy atom. The van der Waals surface area contributed by atoms with E-state index in [1.165, 1.54) is 30.5 Å². The molecule has 1 aromatic rings. The van der Waals surface area contributed by atoms with Gasteiger partial charge in [-0.25, -0.2) is 0 Å². The Balaban J connectivity index is 1.88. The highest BCUT2D eigenvalue weighted by Crippen LogP contribution is 2.43. The standard InChI is InChI=1S/C14H20Si/c1-12-8-9-14(2,10-12)11-15-13-6-4-3-5-7-13/h3-7,12H,8-11H2,1-2H3/t12-,14-/m0/s1. The van der Waals surface area contributed by atoms with Gasteiger partial charge in [0.05, 0.1) is 9.52 Å². The van der Waals surface area contributed by atoms with Crippen molar-refractivity contribution in [2.45, 2.75) is 39.2 Å². The highest BCUT2D eigenvalue weighted by atomic mass is 28.2. The van der Waals surface area contributed by atoms with Gasteiger partial charge in [0.15, 0.2) is 0 Å². The van der Waals surface area contributed by atoms with Crippen molar-refractivity contribution in [1.29, 1.82) is 0 Å². The number of hydrogen-bond acceptors (Lipinski definition) is 0. The van der Waals surface area contributed by atoms with Crippen LogP contribution in [0.4, 0.5) is 0 Å². The molecule has 15 heavy (non-hydrogen) atoms. The van der Waals surface area contributed by atoms with Gasteiger partial charge in [0.25, 0.3) is 0 Å². The molecule has 2 radical (unpaired) electrons. The second-order valence-electron chi connectivity index (χ2n) is 5.38. The smallest absolute Gasteiger partial charge is 0.0642 e. The molecular weight excluding hydrogens is 196 g/mol. The number of benzene rings is 1. The molecular formula is C14H20Si. The van der Waals surface area contributed by atoms with E-state index in [1.54, 1.807) is 0 Å². The minimum atomic E-state index is 0.633. The van der Waals surface area contributed by atoms with Gasteiger partial charge in [-0.3, -0.25) is 0 Å². The Labute approximate surface area is 95.9 Å². The summed E-state index contributed by atoms with van der Waals surface area (Å²) in [4.78, 5) is 0. The van der Waals surface area contributed by atoms with Gasteiger partial charge in [-0.2, -0.15) is 0 Å². The molecule has 1 saturated carbocycles. The van der Waals surface area contributed by atoms with Crippen LogP contribution in [0, 0.1) is 11.3 Å². The van der Waals surface area contributed by atoms with Gasteiger partial charge < -0.3 is 0 Å². The van der Waals surface area contributed by atoms with Crippen molar-refractivity contribution in [2.75, 3.05) is 0 Å². The van der Waals surface area contributed by atoms with Gasteiger partial charge in [-0.05, 0) is 24.2 Å². The molecule has 0 aliphatic heterocycles. The second-order valence-corrected chi connectivity index (χ2v) is 6.66. The molecule has 80 valence electrons. The zero-order valence-electron chi connectivity index (χ0n) is 9.79. The van der Waals surface area contributed by atoms with E-state index in [0.29, 0.717) is 5.41 Å². The third-order valence-corrected chi connectivity index (χ3v) is 5.35. The van der Waals surface area contributed by atoms with Gasteiger partial charge >= 0.3 is 0 Å². The van der Waals surface area contributed by atoms with Crippen molar-refractivity contribution in [3.63, 3.8) is 0 Å². The summed E-state index contributed by atoms with van der Waals surface area (Å²) in [6.45, 7) is 4.88. The quantitative estimate of drug-likeness (QED) is 0.680. The third-order valence-electron chi connectivity index (χ3n) is 3.58. The second kappa shape index (κ2) is 4.52.